The van der Waals surface area contributed by atoms with Crippen LogP contribution in [0.25, 0.3) is 0 Å². The van der Waals surface area contributed by atoms with Crippen LogP contribution in [0.15, 0.2) is 0 Å². The molecular weight excluding hydrogens is 295 g/mol. The zero-order valence-electron chi connectivity index (χ0n) is 13.4. The molecule has 2 N–H and O–H groups in total. The summed E-state index contributed by atoms with van der Waals surface area (Å²) in [5.74, 6) is -2.44. The fourth-order valence-corrected chi connectivity index (χ4v) is 2.67. The third-order valence-electron chi connectivity index (χ3n) is 4.17. The van der Waals surface area contributed by atoms with Crippen LogP contribution in [0.1, 0.15) is 79.1 Å². The first-order valence-electron chi connectivity index (χ1n) is 7.67. The van der Waals surface area contributed by atoms with Crippen LogP contribution in [0.3, 0.4) is 0 Å². The van der Waals surface area contributed by atoms with E-state index in [2.05, 4.69) is 6.92 Å². The van der Waals surface area contributed by atoms with Crippen LogP contribution < -0.4 is 0 Å². The molecular formula is C16H31KO4. The number of hydrogen-bond donors (Lipinski definition) is 2. The summed E-state index contributed by atoms with van der Waals surface area (Å²) in [6.07, 6.45) is 7.61. The molecule has 4 nitrogen and oxygen atoms in total. The van der Waals surface area contributed by atoms with Crippen molar-refractivity contribution in [3.63, 3.8) is 0 Å². The molecule has 0 fully saturated rings. The Labute approximate surface area is 171 Å². The monoisotopic (exact) mass is 326 g/mol. The zero-order chi connectivity index (χ0) is 15.8. The predicted octanol–water partition coefficient (Wildman–Crippen LogP) is 3.68. The van der Waals surface area contributed by atoms with E-state index in [1.807, 2.05) is 0 Å². The normalized spacial score (nSPS) is 11.8. The van der Waals surface area contributed by atoms with Crippen LogP contribution in [0, 0.1) is 10.8 Å². The van der Waals surface area contributed by atoms with Gasteiger partial charge in [-0.25, -0.2) is 0 Å². The number of unbranched alkanes of at least 4 members (excludes halogenated alkanes) is 6. The minimum atomic E-state index is -1.68. The second-order valence-corrected chi connectivity index (χ2v) is 6.64. The van der Waals surface area contributed by atoms with Crippen LogP contribution >= 0.6 is 0 Å². The van der Waals surface area contributed by atoms with Gasteiger partial charge in [0.25, 0.3) is 0 Å². The Hall–Kier alpha value is 0.576. The van der Waals surface area contributed by atoms with Crippen molar-refractivity contribution in [3.05, 3.63) is 0 Å². The molecule has 0 aromatic heterocycles. The van der Waals surface area contributed by atoms with E-state index < -0.39 is 22.8 Å². The van der Waals surface area contributed by atoms with Crippen LogP contribution in [0.2, 0.25) is 0 Å². The first-order valence-corrected chi connectivity index (χ1v) is 7.67. The molecule has 5 heteroatoms. The Morgan fingerprint density at radius 2 is 1.19 bits per heavy atom. The molecule has 0 aliphatic rings. The van der Waals surface area contributed by atoms with Crippen molar-refractivity contribution in [2.75, 3.05) is 0 Å². The second-order valence-electron chi connectivity index (χ2n) is 6.64. The summed E-state index contributed by atoms with van der Waals surface area (Å²) < 4.78 is 0. The molecule has 120 valence electrons. The number of carboxylic acids is 2. The molecule has 0 aliphatic carbocycles. The molecule has 0 atom stereocenters. The molecule has 0 saturated carbocycles. The standard InChI is InChI=1S/C16H30O4.K.H/c1-5-6-7-8-9-10-11-12-16(13(17)18,14(19)20)15(2,3)4;;/h5-12H2,1-4H3,(H,17,18)(H,19,20);;. The average Bonchev–Trinajstić information content (AvgIpc) is 2.30. The van der Waals surface area contributed by atoms with E-state index in [0.717, 1.165) is 19.3 Å². The number of carbonyl (C=O) groups is 2. The maximum atomic E-state index is 11.5. The van der Waals surface area contributed by atoms with Gasteiger partial charge >= 0.3 is 63.3 Å². The van der Waals surface area contributed by atoms with Crippen LogP contribution in [-0.4, -0.2) is 73.5 Å². The van der Waals surface area contributed by atoms with Crippen LogP contribution in [0.4, 0.5) is 0 Å². The van der Waals surface area contributed by atoms with Crippen molar-refractivity contribution in [2.24, 2.45) is 10.8 Å². The molecule has 0 unspecified atom stereocenters. The molecule has 0 aromatic rings. The Bertz CT molecular complexity index is 307. The summed E-state index contributed by atoms with van der Waals surface area (Å²) >= 11 is 0. The molecule has 0 saturated heterocycles. The van der Waals surface area contributed by atoms with Crippen molar-refractivity contribution in [1.82, 2.24) is 0 Å². The Morgan fingerprint density at radius 1 is 0.810 bits per heavy atom. The van der Waals surface area contributed by atoms with Crippen molar-refractivity contribution < 1.29 is 19.8 Å². The van der Waals surface area contributed by atoms with E-state index in [4.69, 9.17) is 0 Å². The van der Waals surface area contributed by atoms with Crippen LogP contribution in [0.5, 0.6) is 0 Å². The Balaban J connectivity index is 0. The summed E-state index contributed by atoms with van der Waals surface area (Å²) in [6.45, 7) is 7.24. The summed E-state index contributed by atoms with van der Waals surface area (Å²) in [7, 11) is 0. The second kappa shape index (κ2) is 11.2. The Kier molecular flexibility index (Phi) is 12.7. The van der Waals surface area contributed by atoms with Crippen LogP contribution in [-0.2, 0) is 9.59 Å². The summed E-state index contributed by atoms with van der Waals surface area (Å²) in [5.41, 5.74) is -2.48. The van der Waals surface area contributed by atoms with E-state index in [0.29, 0.717) is 6.42 Å². The maximum absolute atomic E-state index is 11.5. The molecule has 21 heavy (non-hydrogen) atoms. The van der Waals surface area contributed by atoms with Gasteiger partial charge in [0.2, 0.25) is 0 Å². The first kappa shape index (κ1) is 23.8. The molecule has 0 aliphatic heterocycles. The zero-order valence-corrected chi connectivity index (χ0v) is 13.4. The van der Waals surface area contributed by atoms with Crippen molar-refractivity contribution >= 4 is 63.3 Å². The van der Waals surface area contributed by atoms with Gasteiger partial charge < -0.3 is 10.2 Å². The van der Waals surface area contributed by atoms with Gasteiger partial charge in [0.05, 0.1) is 0 Å². The van der Waals surface area contributed by atoms with E-state index in [9.17, 15) is 19.8 Å². The van der Waals surface area contributed by atoms with Crippen molar-refractivity contribution in [1.29, 1.82) is 0 Å². The van der Waals surface area contributed by atoms with Gasteiger partial charge in [-0.05, 0) is 11.8 Å². The van der Waals surface area contributed by atoms with Gasteiger partial charge in [-0.2, -0.15) is 0 Å². The molecule has 0 heterocycles. The quantitative estimate of drug-likeness (QED) is 0.365. The summed E-state index contributed by atoms with van der Waals surface area (Å²) in [4.78, 5) is 23.1. The van der Waals surface area contributed by atoms with Crippen molar-refractivity contribution in [3.8, 4) is 0 Å². The number of hydrogen-bond acceptors (Lipinski definition) is 2. The van der Waals surface area contributed by atoms with E-state index in [-0.39, 0.29) is 57.8 Å². The molecule has 0 spiro atoms. The van der Waals surface area contributed by atoms with E-state index >= 15 is 0 Å². The third-order valence-corrected chi connectivity index (χ3v) is 4.17. The van der Waals surface area contributed by atoms with Gasteiger partial charge in [-0.15, -0.1) is 0 Å². The average molecular weight is 327 g/mol. The SMILES string of the molecule is CCCCCCCCCC(C(=O)O)(C(=O)O)C(C)(C)C.[KH]. The van der Waals surface area contributed by atoms with Gasteiger partial charge in [0, 0.05) is 0 Å². The number of carboxylic acid groups (broad SMARTS) is 2. The van der Waals surface area contributed by atoms with Crippen molar-refractivity contribution in [2.45, 2.75) is 79.1 Å². The number of aliphatic carboxylic acids is 2. The first-order chi connectivity index (χ1) is 9.20. The number of rotatable bonds is 10. The molecule has 0 rings (SSSR count). The molecule has 0 amide bonds. The van der Waals surface area contributed by atoms with E-state index in [1.165, 1.54) is 19.3 Å². The fraction of sp³-hybridized carbons (Fsp3) is 0.875. The summed E-state index contributed by atoms with van der Waals surface area (Å²) in [5, 5.41) is 18.8. The molecule has 0 radical (unpaired) electrons. The predicted molar refractivity (Wildman–Crippen MR) is 86.9 cm³/mol. The summed E-state index contributed by atoms with van der Waals surface area (Å²) in [6, 6.07) is 0. The third kappa shape index (κ3) is 7.12. The van der Waals surface area contributed by atoms with Gasteiger partial charge in [0.1, 0.15) is 0 Å². The topological polar surface area (TPSA) is 74.6 Å². The molecule has 0 aromatic carbocycles. The van der Waals surface area contributed by atoms with E-state index in [1.54, 1.807) is 20.8 Å². The Morgan fingerprint density at radius 3 is 1.52 bits per heavy atom. The molecule has 0 bridgehead atoms. The fourth-order valence-electron chi connectivity index (χ4n) is 2.67. The minimum absolute atomic E-state index is 0. The van der Waals surface area contributed by atoms with Gasteiger partial charge in [0.15, 0.2) is 5.41 Å². The van der Waals surface area contributed by atoms with Gasteiger partial charge in [-0.1, -0.05) is 72.6 Å². The van der Waals surface area contributed by atoms with Gasteiger partial charge in [-0.3, -0.25) is 9.59 Å².